The Bertz CT molecular complexity index is 1050. The SMILES string of the molecule is Clc1cccc(CSc2nnc(-c3cccnc3)n2-c2ccc(Br)cc2)c1. The molecule has 4 aromatic rings. The van der Waals surface area contributed by atoms with Crippen LogP contribution in [0.5, 0.6) is 0 Å². The van der Waals surface area contributed by atoms with Crippen LogP contribution in [0.3, 0.4) is 0 Å². The van der Waals surface area contributed by atoms with E-state index in [-0.39, 0.29) is 0 Å². The number of rotatable bonds is 5. The Morgan fingerprint density at radius 2 is 1.85 bits per heavy atom. The summed E-state index contributed by atoms with van der Waals surface area (Å²) in [5.41, 5.74) is 3.05. The van der Waals surface area contributed by atoms with Crippen LogP contribution in [0.2, 0.25) is 5.02 Å². The highest BCUT2D eigenvalue weighted by molar-refractivity contribution is 9.10. The van der Waals surface area contributed by atoms with Crippen molar-refractivity contribution in [1.29, 1.82) is 0 Å². The quantitative estimate of drug-likeness (QED) is 0.343. The van der Waals surface area contributed by atoms with Gasteiger partial charge < -0.3 is 0 Å². The maximum Gasteiger partial charge on any atom is 0.196 e. The van der Waals surface area contributed by atoms with Crippen molar-refractivity contribution in [3.8, 4) is 17.1 Å². The fourth-order valence-electron chi connectivity index (χ4n) is 2.64. The number of benzene rings is 2. The Labute approximate surface area is 174 Å². The van der Waals surface area contributed by atoms with Crippen LogP contribution in [0.25, 0.3) is 17.1 Å². The standard InChI is InChI=1S/C20H14BrClN4S/c21-16-6-8-18(9-7-16)26-19(15-4-2-10-23-12-15)24-25-20(26)27-13-14-3-1-5-17(22)11-14/h1-12H,13H2. The third-order valence-corrected chi connectivity index (χ3v) is 5.66. The third-order valence-electron chi connectivity index (χ3n) is 3.89. The molecule has 0 atom stereocenters. The molecule has 2 aromatic carbocycles. The lowest BCUT2D eigenvalue weighted by Gasteiger charge is -2.10. The molecule has 27 heavy (non-hydrogen) atoms. The summed E-state index contributed by atoms with van der Waals surface area (Å²) < 4.78 is 3.08. The fourth-order valence-corrected chi connectivity index (χ4v) is 4.02. The van der Waals surface area contributed by atoms with Gasteiger partial charge in [-0.15, -0.1) is 10.2 Å². The lowest BCUT2D eigenvalue weighted by atomic mass is 10.2. The van der Waals surface area contributed by atoms with Crippen molar-refractivity contribution >= 4 is 39.3 Å². The Hall–Kier alpha value is -2.15. The number of halogens is 2. The topological polar surface area (TPSA) is 43.6 Å². The second-order valence-electron chi connectivity index (χ2n) is 5.78. The summed E-state index contributed by atoms with van der Waals surface area (Å²) in [5.74, 6) is 1.52. The molecule has 0 aliphatic carbocycles. The minimum absolute atomic E-state index is 0.735. The van der Waals surface area contributed by atoms with Crippen LogP contribution in [0, 0.1) is 0 Å². The summed E-state index contributed by atoms with van der Waals surface area (Å²) in [5, 5.41) is 10.4. The molecule has 0 spiro atoms. The van der Waals surface area contributed by atoms with Gasteiger partial charge in [0.15, 0.2) is 11.0 Å². The number of hydrogen-bond donors (Lipinski definition) is 0. The van der Waals surface area contributed by atoms with E-state index in [1.165, 1.54) is 0 Å². The molecule has 4 rings (SSSR count). The lowest BCUT2D eigenvalue weighted by molar-refractivity contribution is 0.885. The molecule has 2 aromatic heterocycles. The van der Waals surface area contributed by atoms with E-state index in [1.807, 2.05) is 54.6 Å². The van der Waals surface area contributed by atoms with E-state index in [0.29, 0.717) is 0 Å². The molecule has 0 aliphatic rings. The minimum Gasteiger partial charge on any atom is -0.270 e. The van der Waals surface area contributed by atoms with Gasteiger partial charge in [-0.05, 0) is 54.1 Å². The molecule has 0 saturated carbocycles. The van der Waals surface area contributed by atoms with E-state index in [0.717, 1.165) is 43.0 Å². The van der Waals surface area contributed by atoms with Crippen LogP contribution in [0.15, 0.2) is 82.7 Å². The van der Waals surface area contributed by atoms with Gasteiger partial charge in [-0.1, -0.05) is 51.4 Å². The summed E-state index contributed by atoms with van der Waals surface area (Å²) >= 11 is 11.2. The highest BCUT2D eigenvalue weighted by atomic mass is 79.9. The van der Waals surface area contributed by atoms with E-state index >= 15 is 0 Å². The monoisotopic (exact) mass is 456 g/mol. The first-order chi connectivity index (χ1) is 13.2. The van der Waals surface area contributed by atoms with Gasteiger partial charge in [-0.2, -0.15) is 0 Å². The largest absolute Gasteiger partial charge is 0.270 e. The molecule has 0 aliphatic heterocycles. The van der Waals surface area contributed by atoms with Crippen molar-refractivity contribution in [1.82, 2.24) is 19.7 Å². The molecule has 4 nitrogen and oxygen atoms in total. The maximum absolute atomic E-state index is 6.10. The summed E-state index contributed by atoms with van der Waals surface area (Å²) in [6.07, 6.45) is 3.55. The molecule has 134 valence electrons. The first-order valence-corrected chi connectivity index (χ1v) is 10.4. The number of thioether (sulfide) groups is 1. The minimum atomic E-state index is 0.735. The van der Waals surface area contributed by atoms with Crippen molar-refractivity contribution in [2.45, 2.75) is 10.9 Å². The highest BCUT2D eigenvalue weighted by Gasteiger charge is 2.16. The van der Waals surface area contributed by atoms with Crippen LogP contribution >= 0.6 is 39.3 Å². The van der Waals surface area contributed by atoms with Gasteiger partial charge in [0.25, 0.3) is 0 Å². The highest BCUT2D eigenvalue weighted by Crippen LogP contribution is 2.30. The zero-order valence-corrected chi connectivity index (χ0v) is 17.2. The summed E-state index contributed by atoms with van der Waals surface area (Å²) in [7, 11) is 0. The van der Waals surface area contributed by atoms with Crippen LogP contribution in [0.4, 0.5) is 0 Å². The zero-order chi connectivity index (χ0) is 18.6. The van der Waals surface area contributed by atoms with Crippen LogP contribution in [-0.4, -0.2) is 19.7 Å². The molecule has 7 heteroatoms. The number of nitrogens with zero attached hydrogens (tertiary/aromatic N) is 4. The van der Waals surface area contributed by atoms with Crippen molar-refractivity contribution < 1.29 is 0 Å². The predicted molar refractivity (Wildman–Crippen MR) is 113 cm³/mol. The van der Waals surface area contributed by atoms with Crippen LogP contribution in [0.1, 0.15) is 5.56 Å². The first kappa shape index (κ1) is 18.2. The smallest absolute Gasteiger partial charge is 0.196 e. The van der Waals surface area contributed by atoms with Gasteiger partial charge in [-0.3, -0.25) is 9.55 Å². The van der Waals surface area contributed by atoms with Gasteiger partial charge in [0, 0.05) is 38.9 Å². The van der Waals surface area contributed by atoms with Crippen LogP contribution < -0.4 is 0 Å². The molecule has 2 heterocycles. The average molecular weight is 458 g/mol. The van der Waals surface area contributed by atoms with E-state index in [2.05, 4.69) is 41.7 Å². The maximum atomic E-state index is 6.10. The first-order valence-electron chi connectivity index (χ1n) is 8.20. The van der Waals surface area contributed by atoms with Gasteiger partial charge in [0.1, 0.15) is 0 Å². The Morgan fingerprint density at radius 1 is 1.00 bits per heavy atom. The van der Waals surface area contributed by atoms with E-state index in [1.54, 1.807) is 24.2 Å². The molecular formula is C20H14BrClN4S. The van der Waals surface area contributed by atoms with Gasteiger partial charge in [-0.25, -0.2) is 0 Å². The molecule has 0 fully saturated rings. The van der Waals surface area contributed by atoms with E-state index in [4.69, 9.17) is 11.6 Å². The number of aromatic nitrogens is 4. The summed E-state index contributed by atoms with van der Waals surface area (Å²) in [4.78, 5) is 4.21. The Balaban J connectivity index is 1.73. The molecule has 0 unspecified atom stereocenters. The second-order valence-corrected chi connectivity index (χ2v) is 8.07. The molecule has 0 bridgehead atoms. The Morgan fingerprint density at radius 3 is 2.59 bits per heavy atom. The van der Waals surface area contributed by atoms with E-state index in [9.17, 15) is 0 Å². The third kappa shape index (κ3) is 4.24. The lowest BCUT2D eigenvalue weighted by Crippen LogP contribution is -2.00. The van der Waals surface area contributed by atoms with Crippen molar-refractivity contribution in [2.75, 3.05) is 0 Å². The van der Waals surface area contributed by atoms with E-state index < -0.39 is 0 Å². The van der Waals surface area contributed by atoms with Crippen molar-refractivity contribution in [3.05, 3.63) is 88.1 Å². The Kier molecular flexibility index (Phi) is 5.57. The second kappa shape index (κ2) is 8.25. The summed E-state index contributed by atoms with van der Waals surface area (Å²) in [6.45, 7) is 0. The van der Waals surface area contributed by atoms with Gasteiger partial charge >= 0.3 is 0 Å². The van der Waals surface area contributed by atoms with Crippen molar-refractivity contribution in [2.24, 2.45) is 0 Å². The molecular weight excluding hydrogens is 444 g/mol. The normalized spacial score (nSPS) is 10.9. The predicted octanol–water partition coefficient (Wildman–Crippen LogP) is 6.04. The van der Waals surface area contributed by atoms with Gasteiger partial charge in [0.2, 0.25) is 0 Å². The average Bonchev–Trinajstić information content (AvgIpc) is 3.12. The van der Waals surface area contributed by atoms with Crippen LogP contribution in [-0.2, 0) is 5.75 Å². The zero-order valence-electron chi connectivity index (χ0n) is 14.1. The number of pyridine rings is 1. The molecule has 0 saturated heterocycles. The fraction of sp³-hybridized carbons (Fsp3) is 0.0500. The van der Waals surface area contributed by atoms with Gasteiger partial charge in [0.05, 0.1) is 0 Å². The van der Waals surface area contributed by atoms with Crippen molar-refractivity contribution in [3.63, 3.8) is 0 Å². The molecule has 0 N–H and O–H groups in total. The molecule has 0 amide bonds. The summed E-state index contributed by atoms with van der Waals surface area (Å²) in [6, 6.07) is 19.8. The number of hydrogen-bond acceptors (Lipinski definition) is 4. The molecule has 0 radical (unpaired) electrons.